The number of anilines is 2. The SMILES string of the molecule is Cc1cc(C2CC2)cnc1N1CCN(C(=O)c2ccc(N3C(=O)OCC3CO)cc2)CC1. The Morgan fingerprint density at radius 2 is 1.88 bits per heavy atom. The number of carbonyl (C=O) groups is 2. The van der Waals surface area contributed by atoms with Crippen molar-refractivity contribution in [2.45, 2.75) is 31.7 Å². The van der Waals surface area contributed by atoms with E-state index in [0.29, 0.717) is 30.3 Å². The van der Waals surface area contributed by atoms with Gasteiger partial charge in [-0.2, -0.15) is 0 Å². The number of piperazine rings is 1. The van der Waals surface area contributed by atoms with Gasteiger partial charge in [-0.1, -0.05) is 6.07 Å². The fourth-order valence-corrected chi connectivity index (χ4v) is 4.54. The van der Waals surface area contributed by atoms with Crippen LogP contribution in [0.3, 0.4) is 0 Å². The second-order valence-corrected chi connectivity index (χ2v) is 8.79. The summed E-state index contributed by atoms with van der Waals surface area (Å²) in [7, 11) is 0. The lowest BCUT2D eigenvalue weighted by atomic mass is 10.1. The van der Waals surface area contributed by atoms with E-state index in [1.165, 1.54) is 28.9 Å². The predicted octanol–water partition coefficient (Wildman–Crippen LogP) is 2.55. The summed E-state index contributed by atoms with van der Waals surface area (Å²) in [6.07, 6.45) is 4.07. The average molecular weight is 437 g/mol. The van der Waals surface area contributed by atoms with Crippen molar-refractivity contribution in [3.05, 3.63) is 53.2 Å². The van der Waals surface area contributed by atoms with Crippen molar-refractivity contribution in [2.24, 2.45) is 0 Å². The second kappa shape index (κ2) is 8.43. The average Bonchev–Trinajstić information content (AvgIpc) is 3.61. The van der Waals surface area contributed by atoms with E-state index >= 15 is 0 Å². The number of carbonyl (C=O) groups excluding carboxylic acids is 2. The Balaban J connectivity index is 1.21. The molecule has 2 aliphatic heterocycles. The topological polar surface area (TPSA) is 86.2 Å². The Morgan fingerprint density at radius 1 is 1.16 bits per heavy atom. The number of aryl methyl sites for hydroxylation is 1. The van der Waals surface area contributed by atoms with Crippen LogP contribution in [0.25, 0.3) is 0 Å². The Hall–Kier alpha value is -3.13. The highest BCUT2D eigenvalue weighted by Gasteiger charge is 2.34. The Labute approximate surface area is 187 Å². The number of nitrogens with zero attached hydrogens (tertiary/aromatic N) is 4. The minimum absolute atomic E-state index is 0.0207. The van der Waals surface area contributed by atoms with E-state index in [9.17, 15) is 14.7 Å². The molecule has 8 heteroatoms. The van der Waals surface area contributed by atoms with E-state index in [1.54, 1.807) is 24.3 Å². The molecule has 3 heterocycles. The molecule has 1 atom stereocenters. The van der Waals surface area contributed by atoms with Gasteiger partial charge in [0.15, 0.2) is 0 Å². The lowest BCUT2D eigenvalue weighted by molar-refractivity contribution is 0.0746. The molecule has 1 aromatic heterocycles. The smallest absolute Gasteiger partial charge is 0.414 e. The monoisotopic (exact) mass is 436 g/mol. The zero-order valence-electron chi connectivity index (χ0n) is 18.2. The zero-order chi connectivity index (χ0) is 22.2. The Bertz CT molecular complexity index is 1010. The second-order valence-electron chi connectivity index (χ2n) is 8.79. The molecule has 0 bridgehead atoms. The molecule has 2 aromatic rings. The van der Waals surface area contributed by atoms with E-state index < -0.39 is 12.1 Å². The maximum absolute atomic E-state index is 13.0. The number of hydrogen-bond acceptors (Lipinski definition) is 6. The number of aromatic nitrogens is 1. The van der Waals surface area contributed by atoms with Crippen molar-refractivity contribution in [1.29, 1.82) is 0 Å². The van der Waals surface area contributed by atoms with E-state index in [1.807, 2.05) is 11.1 Å². The highest BCUT2D eigenvalue weighted by atomic mass is 16.6. The van der Waals surface area contributed by atoms with Crippen LogP contribution in [0.1, 0.15) is 40.2 Å². The number of rotatable bonds is 5. The van der Waals surface area contributed by atoms with Crippen LogP contribution in [0, 0.1) is 6.92 Å². The van der Waals surface area contributed by atoms with Gasteiger partial charge in [-0.25, -0.2) is 9.78 Å². The first-order valence-electron chi connectivity index (χ1n) is 11.2. The van der Waals surface area contributed by atoms with Gasteiger partial charge in [-0.3, -0.25) is 9.69 Å². The highest BCUT2D eigenvalue weighted by molar-refractivity contribution is 5.96. The Morgan fingerprint density at radius 3 is 2.50 bits per heavy atom. The van der Waals surface area contributed by atoms with E-state index in [-0.39, 0.29) is 19.1 Å². The van der Waals surface area contributed by atoms with Gasteiger partial charge in [0.1, 0.15) is 12.4 Å². The molecule has 168 valence electrons. The lowest BCUT2D eigenvalue weighted by Gasteiger charge is -2.36. The summed E-state index contributed by atoms with van der Waals surface area (Å²) in [6, 6.07) is 8.78. The molecule has 0 radical (unpaired) electrons. The molecule has 8 nitrogen and oxygen atoms in total. The van der Waals surface area contributed by atoms with Crippen molar-refractivity contribution in [3.63, 3.8) is 0 Å². The summed E-state index contributed by atoms with van der Waals surface area (Å²) in [6.45, 7) is 4.88. The summed E-state index contributed by atoms with van der Waals surface area (Å²) < 4.78 is 5.01. The molecule has 5 rings (SSSR count). The molecule has 1 saturated carbocycles. The third kappa shape index (κ3) is 3.90. The minimum Gasteiger partial charge on any atom is -0.447 e. The number of aliphatic hydroxyl groups is 1. The number of ether oxygens (including phenoxy) is 1. The highest BCUT2D eigenvalue weighted by Crippen LogP contribution is 2.40. The number of hydrogen-bond donors (Lipinski definition) is 1. The zero-order valence-corrected chi connectivity index (χ0v) is 18.2. The molecule has 0 spiro atoms. The van der Waals surface area contributed by atoms with Crippen molar-refractivity contribution in [2.75, 3.05) is 49.2 Å². The van der Waals surface area contributed by atoms with Crippen molar-refractivity contribution < 1.29 is 19.4 Å². The van der Waals surface area contributed by atoms with Crippen molar-refractivity contribution >= 4 is 23.5 Å². The number of cyclic esters (lactones) is 1. The molecule has 3 fully saturated rings. The summed E-state index contributed by atoms with van der Waals surface area (Å²) in [5, 5.41) is 9.45. The number of amides is 2. The molecule has 1 unspecified atom stereocenters. The molecule has 2 amide bonds. The Kier molecular flexibility index (Phi) is 5.46. The first kappa shape index (κ1) is 20.8. The summed E-state index contributed by atoms with van der Waals surface area (Å²) in [5.41, 5.74) is 3.74. The number of benzene rings is 1. The fraction of sp³-hybridized carbons (Fsp3) is 0.458. The third-order valence-electron chi connectivity index (χ3n) is 6.55. The first-order chi connectivity index (χ1) is 15.5. The lowest BCUT2D eigenvalue weighted by Crippen LogP contribution is -2.49. The summed E-state index contributed by atoms with van der Waals surface area (Å²) >= 11 is 0. The van der Waals surface area contributed by atoms with Gasteiger partial charge in [-0.15, -0.1) is 0 Å². The van der Waals surface area contributed by atoms with E-state index in [4.69, 9.17) is 9.72 Å². The molecular formula is C24H28N4O4. The van der Waals surface area contributed by atoms with Crippen LogP contribution in [0.4, 0.5) is 16.3 Å². The van der Waals surface area contributed by atoms with Crippen LogP contribution < -0.4 is 9.80 Å². The maximum atomic E-state index is 13.0. The van der Waals surface area contributed by atoms with Crippen LogP contribution in [0.2, 0.25) is 0 Å². The standard InChI is InChI=1S/C24H28N4O4/c1-16-12-19(17-2-3-17)13-25-22(16)26-8-10-27(11-9-26)23(30)18-4-6-20(7-5-18)28-21(14-29)15-32-24(28)31/h4-7,12-13,17,21,29H,2-3,8-11,14-15H2,1H3. The normalized spacial score (nSPS) is 21.1. The molecule has 2 saturated heterocycles. The molecule has 1 aliphatic carbocycles. The predicted molar refractivity (Wildman–Crippen MR) is 120 cm³/mol. The van der Waals surface area contributed by atoms with Gasteiger partial charge in [0.05, 0.1) is 12.6 Å². The van der Waals surface area contributed by atoms with E-state index in [0.717, 1.165) is 18.9 Å². The number of pyridine rings is 1. The number of aliphatic hydroxyl groups excluding tert-OH is 1. The molecule has 1 N–H and O–H groups in total. The third-order valence-corrected chi connectivity index (χ3v) is 6.55. The van der Waals surface area contributed by atoms with Gasteiger partial charge in [-0.05, 0) is 61.1 Å². The van der Waals surface area contributed by atoms with Gasteiger partial charge in [0, 0.05) is 43.6 Å². The van der Waals surface area contributed by atoms with Crippen LogP contribution in [-0.2, 0) is 4.74 Å². The largest absolute Gasteiger partial charge is 0.447 e. The fourth-order valence-electron chi connectivity index (χ4n) is 4.54. The quantitative estimate of drug-likeness (QED) is 0.775. The van der Waals surface area contributed by atoms with Crippen LogP contribution in [0.15, 0.2) is 36.5 Å². The van der Waals surface area contributed by atoms with Crippen LogP contribution in [-0.4, -0.2) is 72.4 Å². The minimum atomic E-state index is -0.478. The summed E-state index contributed by atoms with van der Waals surface area (Å²) in [4.78, 5) is 35.2. The van der Waals surface area contributed by atoms with Crippen molar-refractivity contribution in [3.8, 4) is 0 Å². The van der Waals surface area contributed by atoms with Gasteiger partial charge >= 0.3 is 6.09 Å². The van der Waals surface area contributed by atoms with Crippen LogP contribution in [0.5, 0.6) is 0 Å². The van der Waals surface area contributed by atoms with Gasteiger partial charge in [0.2, 0.25) is 0 Å². The molecule has 32 heavy (non-hydrogen) atoms. The first-order valence-corrected chi connectivity index (χ1v) is 11.2. The molecular weight excluding hydrogens is 408 g/mol. The van der Waals surface area contributed by atoms with Crippen LogP contribution >= 0.6 is 0 Å². The van der Waals surface area contributed by atoms with Gasteiger partial charge in [0.25, 0.3) is 5.91 Å². The van der Waals surface area contributed by atoms with E-state index in [2.05, 4.69) is 17.9 Å². The molecule has 3 aliphatic rings. The maximum Gasteiger partial charge on any atom is 0.414 e. The summed E-state index contributed by atoms with van der Waals surface area (Å²) in [5.74, 6) is 1.69. The van der Waals surface area contributed by atoms with Crippen molar-refractivity contribution in [1.82, 2.24) is 9.88 Å². The van der Waals surface area contributed by atoms with Gasteiger partial charge < -0.3 is 19.6 Å². The molecule has 1 aromatic carbocycles.